The number of hydrogen-bond acceptors (Lipinski definition) is 6. The molecule has 1 aromatic heterocycles. The summed E-state index contributed by atoms with van der Waals surface area (Å²) in [4.78, 5) is 21.0. The lowest BCUT2D eigenvalue weighted by Crippen LogP contribution is -2.52. The number of aromatic nitrogens is 1. The van der Waals surface area contributed by atoms with Crippen molar-refractivity contribution in [3.63, 3.8) is 0 Å². The van der Waals surface area contributed by atoms with Gasteiger partial charge >= 0.3 is 0 Å². The van der Waals surface area contributed by atoms with E-state index < -0.39 is 0 Å². The number of likely N-dealkylation sites (tertiary alicyclic amines) is 1. The molecule has 1 N–H and O–H groups in total. The minimum Gasteiger partial charge on any atom is -0.345 e. The third kappa shape index (κ3) is 7.46. The van der Waals surface area contributed by atoms with Gasteiger partial charge in [0.15, 0.2) is 0 Å². The summed E-state index contributed by atoms with van der Waals surface area (Å²) in [6.45, 7) is 11.5. The molecule has 2 unspecified atom stereocenters. The fourth-order valence-electron chi connectivity index (χ4n) is 5.71. The lowest BCUT2D eigenvalue weighted by molar-refractivity contribution is -0.0397. The summed E-state index contributed by atoms with van der Waals surface area (Å²) >= 11 is 0. The third-order valence-corrected chi connectivity index (χ3v) is 8.10. The van der Waals surface area contributed by atoms with E-state index in [-0.39, 0.29) is 18.1 Å². The zero-order valence-corrected chi connectivity index (χ0v) is 26.1. The van der Waals surface area contributed by atoms with Gasteiger partial charge in [-0.3, -0.25) is 14.7 Å². The molecule has 40 heavy (non-hydrogen) atoms. The molecule has 0 spiro atoms. The van der Waals surface area contributed by atoms with E-state index in [0.29, 0.717) is 5.92 Å². The first-order valence-corrected chi connectivity index (χ1v) is 14.7. The highest BCUT2D eigenvalue weighted by atomic mass is 16.2. The number of rotatable bonds is 7. The first-order valence-electron chi connectivity index (χ1n) is 14.7. The first kappa shape index (κ1) is 31.7. The highest BCUT2D eigenvalue weighted by Crippen LogP contribution is 2.32. The predicted octanol–water partition coefficient (Wildman–Crippen LogP) is 5.34. The van der Waals surface area contributed by atoms with Crippen LogP contribution in [0.2, 0.25) is 0 Å². The number of amides is 1. The van der Waals surface area contributed by atoms with Gasteiger partial charge in [0.2, 0.25) is 0 Å². The van der Waals surface area contributed by atoms with E-state index >= 15 is 0 Å². The summed E-state index contributed by atoms with van der Waals surface area (Å²) in [6.07, 6.45) is 11.3. The van der Waals surface area contributed by atoms with Gasteiger partial charge in [-0.2, -0.15) is 0 Å². The third-order valence-electron chi connectivity index (χ3n) is 8.10. The Balaban J connectivity index is 0.00000216. The van der Waals surface area contributed by atoms with Crippen LogP contribution in [0.5, 0.6) is 0 Å². The van der Waals surface area contributed by atoms with Crippen molar-refractivity contribution >= 4 is 12.0 Å². The number of nitrogens with zero attached hydrogens (tertiary/aromatic N) is 5. The van der Waals surface area contributed by atoms with Gasteiger partial charge < -0.3 is 10.2 Å². The molecule has 0 aliphatic carbocycles. The molecule has 4 rings (SSSR count). The molecule has 2 aliphatic rings. The van der Waals surface area contributed by atoms with Crippen LogP contribution in [0.25, 0.3) is 6.08 Å². The summed E-state index contributed by atoms with van der Waals surface area (Å²) < 4.78 is 0. The highest BCUT2D eigenvalue weighted by Gasteiger charge is 2.28. The summed E-state index contributed by atoms with van der Waals surface area (Å²) in [6, 6.07) is 10.6. The lowest BCUT2D eigenvalue weighted by atomic mass is 9.88. The Hall–Kier alpha value is -2.84. The predicted molar refractivity (Wildman–Crippen MR) is 167 cm³/mol. The Morgan fingerprint density at radius 2 is 1.70 bits per heavy atom. The van der Waals surface area contributed by atoms with Crippen LogP contribution in [0.3, 0.4) is 0 Å². The number of aryl methyl sites for hydroxylation is 1. The van der Waals surface area contributed by atoms with Crippen LogP contribution in [0.15, 0.2) is 54.3 Å². The number of carbonyl (C=O) groups excluding carboxylic acids is 1. The second-order valence-electron chi connectivity index (χ2n) is 11.0. The van der Waals surface area contributed by atoms with Gasteiger partial charge in [-0.15, -0.1) is 0 Å². The second-order valence-corrected chi connectivity index (χ2v) is 11.0. The SMILES string of the molecule is CC.CNC1C=CC(c2ccnc(C)c2/C=C(\C)CN2CCC(c3ccc(C(=O)N(C)C)cc3)CC2)N(C)N1C. The number of likely N-dealkylation sites (N-methyl/N-ethyl adjacent to an activating group) is 3. The van der Waals surface area contributed by atoms with E-state index in [1.165, 1.54) is 22.3 Å². The molecular formula is C33H50N6O. The van der Waals surface area contributed by atoms with Crippen LogP contribution in [0.4, 0.5) is 0 Å². The maximum absolute atomic E-state index is 12.2. The number of hydrazine groups is 1. The minimum atomic E-state index is 0.0565. The van der Waals surface area contributed by atoms with E-state index in [1.807, 2.05) is 39.2 Å². The minimum absolute atomic E-state index is 0.0565. The van der Waals surface area contributed by atoms with E-state index in [1.54, 1.807) is 19.0 Å². The number of nitrogens with one attached hydrogen (secondary N) is 1. The first-order chi connectivity index (χ1) is 19.2. The van der Waals surface area contributed by atoms with Gasteiger partial charge in [0.1, 0.15) is 0 Å². The van der Waals surface area contributed by atoms with Crippen LogP contribution in [0, 0.1) is 6.92 Å². The molecule has 1 aromatic carbocycles. The molecule has 7 nitrogen and oxygen atoms in total. The van der Waals surface area contributed by atoms with Crippen LogP contribution in [-0.4, -0.2) is 91.7 Å². The molecule has 7 heteroatoms. The molecule has 218 valence electrons. The topological polar surface area (TPSA) is 55.0 Å². The number of benzene rings is 1. The van der Waals surface area contributed by atoms with E-state index in [4.69, 9.17) is 0 Å². The highest BCUT2D eigenvalue weighted by molar-refractivity contribution is 5.93. The Morgan fingerprint density at radius 1 is 1.05 bits per heavy atom. The summed E-state index contributed by atoms with van der Waals surface area (Å²) in [5, 5.41) is 7.86. The van der Waals surface area contributed by atoms with Gasteiger partial charge in [0.25, 0.3) is 5.91 Å². The molecule has 1 amide bonds. The van der Waals surface area contributed by atoms with Crippen molar-refractivity contribution in [2.75, 3.05) is 54.9 Å². The molecule has 0 radical (unpaired) electrons. The monoisotopic (exact) mass is 546 g/mol. The van der Waals surface area contributed by atoms with E-state index in [2.05, 4.69) is 89.6 Å². The average molecular weight is 547 g/mol. The molecule has 2 aromatic rings. The molecule has 0 saturated carbocycles. The maximum Gasteiger partial charge on any atom is 0.253 e. The van der Waals surface area contributed by atoms with Crippen molar-refractivity contribution < 1.29 is 4.79 Å². The van der Waals surface area contributed by atoms with E-state index in [0.717, 1.165) is 43.7 Å². The Morgan fingerprint density at radius 3 is 2.30 bits per heavy atom. The van der Waals surface area contributed by atoms with Crippen molar-refractivity contribution in [2.45, 2.75) is 58.7 Å². The number of pyridine rings is 1. The molecule has 0 bridgehead atoms. The zero-order chi connectivity index (χ0) is 29.4. The largest absolute Gasteiger partial charge is 0.345 e. The van der Waals surface area contributed by atoms with Crippen molar-refractivity contribution in [3.05, 3.63) is 82.2 Å². The second kappa shape index (κ2) is 14.7. The van der Waals surface area contributed by atoms with Gasteiger partial charge in [0, 0.05) is 57.8 Å². The molecule has 1 saturated heterocycles. The Labute approximate surface area is 242 Å². The smallest absolute Gasteiger partial charge is 0.253 e. The molecule has 3 heterocycles. The Kier molecular flexibility index (Phi) is 11.6. The van der Waals surface area contributed by atoms with Crippen molar-refractivity contribution in [1.29, 1.82) is 0 Å². The van der Waals surface area contributed by atoms with Gasteiger partial charge in [-0.25, -0.2) is 10.0 Å². The van der Waals surface area contributed by atoms with Gasteiger partial charge in [-0.05, 0) is 82.1 Å². The summed E-state index contributed by atoms with van der Waals surface area (Å²) in [7, 11) is 9.84. The average Bonchev–Trinajstić information content (AvgIpc) is 2.97. The summed E-state index contributed by atoms with van der Waals surface area (Å²) in [5.74, 6) is 0.610. The number of carbonyl (C=O) groups is 1. The van der Waals surface area contributed by atoms with Gasteiger partial charge in [-0.1, -0.05) is 49.8 Å². The fourth-order valence-corrected chi connectivity index (χ4v) is 5.71. The number of piperidine rings is 1. The van der Waals surface area contributed by atoms with E-state index in [9.17, 15) is 4.79 Å². The summed E-state index contributed by atoms with van der Waals surface area (Å²) in [5.41, 5.74) is 7.04. The van der Waals surface area contributed by atoms with Crippen LogP contribution < -0.4 is 5.32 Å². The van der Waals surface area contributed by atoms with Crippen molar-refractivity contribution in [3.8, 4) is 0 Å². The van der Waals surface area contributed by atoms with Crippen molar-refractivity contribution in [1.82, 2.24) is 30.1 Å². The molecule has 2 atom stereocenters. The van der Waals surface area contributed by atoms with Crippen LogP contribution in [-0.2, 0) is 0 Å². The Bertz CT molecular complexity index is 1160. The fraction of sp³-hybridized carbons (Fsp3) is 0.515. The zero-order valence-electron chi connectivity index (χ0n) is 26.1. The standard InChI is InChI=1S/C31H44N6O.C2H6/c1-22(20-28-23(2)33-17-14-27(28)29-12-13-30(32-3)36(7)35(29)6)21-37-18-15-25(16-19-37)24-8-10-26(11-9-24)31(38)34(4)5;1-2/h8-14,17,20,25,29-30,32H,15-16,18-19,21H2,1-7H3;1-2H3/b22-20+;. The molecule has 1 fully saturated rings. The molecule has 2 aliphatic heterocycles. The van der Waals surface area contributed by atoms with Crippen molar-refractivity contribution in [2.24, 2.45) is 0 Å². The van der Waals surface area contributed by atoms with Gasteiger partial charge in [0.05, 0.1) is 12.2 Å². The number of hydrogen-bond donors (Lipinski definition) is 1. The lowest BCUT2D eigenvalue weighted by Gasteiger charge is -2.42. The van der Waals surface area contributed by atoms with Crippen LogP contribution >= 0.6 is 0 Å². The quantitative estimate of drug-likeness (QED) is 0.474. The maximum atomic E-state index is 12.2. The van der Waals surface area contributed by atoms with Crippen LogP contribution in [0.1, 0.15) is 78.3 Å². The normalized spacial score (nSPS) is 21.2. The molecular weight excluding hydrogens is 496 g/mol.